The van der Waals surface area contributed by atoms with Gasteiger partial charge >= 0.3 is 0 Å². The molecule has 4 rings (SSSR count). The first-order valence-corrected chi connectivity index (χ1v) is 13.8. The van der Waals surface area contributed by atoms with E-state index in [4.69, 9.17) is 33.2 Å². The molecule has 0 spiro atoms. The molecule has 4 heterocycles. The van der Waals surface area contributed by atoms with E-state index in [0.29, 0.717) is 0 Å². The van der Waals surface area contributed by atoms with Gasteiger partial charge in [0.1, 0.15) is 85.5 Å². The Hall–Kier alpha value is -0.760. The molecule has 1 unspecified atom stereocenters. The van der Waals surface area contributed by atoms with Crippen molar-refractivity contribution in [2.75, 3.05) is 13.2 Å². The molecule has 0 aromatic rings. The van der Waals surface area contributed by atoms with Crippen LogP contribution >= 0.6 is 0 Å². The number of aliphatic hydroxyl groups is 12. The lowest BCUT2D eigenvalue weighted by molar-refractivity contribution is -0.398. The Morgan fingerprint density at radius 3 is 1.37 bits per heavy atom. The highest BCUT2D eigenvalue weighted by atomic mass is 16.8. The van der Waals surface area contributed by atoms with Crippen LogP contribution in [0.4, 0.5) is 0 Å². The van der Waals surface area contributed by atoms with Crippen LogP contribution in [0, 0.1) is 0 Å². The van der Waals surface area contributed by atoms with E-state index >= 15 is 0 Å². The van der Waals surface area contributed by atoms with Gasteiger partial charge in [-0.2, -0.15) is 0 Å². The van der Waals surface area contributed by atoms with Gasteiger partial charge < -0.3 is 94.4 Å². The monoisotopic (exact) mass is 634 g/mol. The molecule has 0 aliphatic carbocycles. The number of hydrogen-bond acceptors (Lipinski definition) is 19. The van der Waals surface area contributed by atoms with Crippen molar-refractivity contribution >= 4 is 0 Å². The van der Waals surface area contributed by atoms with Crippen LogP contribution in [0.2, 0.25) is 0 Å². The van der Waals surface area contributed by atoms with Gasteiger partial charge in [0, 0.05) is 0 Å². The van der Waals surface area contributed by atoms with Crippen LogP contribution in [0.3, 0.4) is 0 Å². The van der Waals surface area contributed by atoms with Crippen LogP contribution in [0.15, 0.2) is 0 Å². The predicted molar refractivity (Wildman–Crippen MR) is 131 cm³/mol. The molecule has 20 atom stereocenters. The molecule has 4 aliphatic heterocycles. The summed E-state index contributed by atoms with van der Waals surface area (Å²) in [7, 11) is 0. The van der Waals surface area contributed by atoms with E-state index in [0.717, 1.165) is 0 Å². The van der Waals surface area contributed by atoms with Gasteiger partial charge in [-0.3, -0.25) is 0 Å². The Kier molecular flexibility index (Phi) is 11.7. The fourth-order valence-corrected chi connectivity index (χ4v) is 5.40. The first-order valence-electron chi connectivity index (χ1n) is 13.8. The van der Waals surface area contributed by atoms with Crippen molar-refractivity contribution in [3.8, 4) is 0 Å². The summed E-state index contributed by atoms with van der Waals surface area (Å²) in [6.07, 6.45) is -33.3. The molecule has 0 aromatic carbocycles. The Balaban J connectivity index is 1.62. The summed E-state index contributed by atoms with van der Waals surface area (Å²) in [5.41, 5.74) is 0. The third kappa shape index (κ3) is 7.00. The molecule has 0 radical (unpaired) electrons. The maximum atomic E-state index is 10.9. The van der Waals surface area contributed by atoms with Crippen molar-refractivity contribution in [2.45, 2.75) is 137 Å². The smallest absolute Gasteiger partial charge is 0.187 e. The summed E-state index contributed by atoms with van der Waals surface area (Å²) < 4.78 is 38.9. The van der Waals surface area contributed by atoms with Gasteiger partial charge in [-0.15, -0.1) is 0 Å². The van der Waals surface area contributed by atoms with Crippen LogP contribution in [-0.4, -0.2) is 197 Å². The lowest BCUT2D eigenvalue weighted by Gasteiger charge is -2.49. The van der Waals surface area contributed by atoms with Gasteiger partial charge in [-0.1, -0.05) is 0 Å². The molecule has 0 aromatic heterocycles. The fourth-order valence-electron chi connectivity index (χ4n) is 5.40. The zero-order chi connectivity index (χ0) is 31.9. The summed E-state index contributed by atoms with van der Waals surface area (Å²) in [5.74, 6) is 0. The van der Waals surface area contributed by atoms with E-state index in [2.05, 4.69) is 0 Å². The molecular weight excluding hydrogens is 592 g/mol. The van der Waals surface area contributed by atoms with E-state index in [1.165, 1.54) is 13.8 Å². The minimum absolute atomic E-state index is 0.840. The van der Waals surface area contributed by atoms with Crippen molar-refractivity contribution in [1.29, 1.82) is 0 Å². The Labute approximate surface area is 244 Å². The van der Waals surface area contributed by atoms with Gasteiger partial charge in [-0.25, -0.2) is 0 Å². The van der Waals surface area contributed by atoms with Crippen LogP contribution in [0.1, 0.15) is 13.8 Å². The molecule has 4 aliphatic rings. The Bertz CT molecular complexity index is 886. The second-order valence-electron chi connectivity index (χ2n) is 11.1. The zero-order valence-corrected chi connectivity index (χ0v) is 23.2. The Morgan fingerprint density at radius 1 is 0.419 bits per heavy atom. The lowest BCUT2D eigenvalue weighted by Crippen LogP contribution is -2.68. The van der Waals surface area contributed by atoms with Crippen molar-refractivity contribution in [2.24, 2.45) is 0 Å². The van der Waals surface area contributed by atoms with Crippen LogP contribution in [-0.2, 0) is 33.2 Å². The van der Waals surface area contributed by atoms with Gasteiger partial charge in [0.05, 0.1) is 25.4 Å². The Morgan fingerprint density at radius 2 is 0.884 bits per heavy atom. The molecule has 252 valence electrons. The summed E-state index contributed by atoms with van der Waals surface area (Å²) in [5, 5.41) is 124. The van der Waals surface area contributed by atoms with Crippen molar-refractivity contribution in [1.82, 2.24) is 0 Å². The normalized spacial score (nSPS) is 54.8. The van der Waals surface area contributed by atoms with E-state index in [1.807, 2.05) is 0 Å². The second kappa shape index (κ2) is 14.3. The number of aliphatic hydroxyl groups excluding tert-OH is 12. The molecule has 0 bridgehead atoms. The third-order valence-corrected chi connectivity index (χ3v) is 8.13. The summed E-state index contributed by atoms with van der Waals surface area (Å²) >= 11 is 0. The molecule has 0 saturated carbocycles. The van der Waals surface area contributed by atoms with Crippen LogP contribution in [0.25, 0.3) is 0 Å². The number of ether oxygens (including phenoxy) is 7. The van der Waals surface area contributed by atoms with E-state index in [-0.39, 0.29) is 0 Å². The van der Waals surface area contributed by atoms with E-state index in [1.54, 1.807) is 0 Å². The molecule has 43 heavy (non-hydrogen) atoms. The maximum absolute atomic E-state index is 10.9. The molecule has 4 fully saturated rings. The highest BCUT2D eigenvalue weighted by Crippen LogP contribution is 2.35. The summed E-state index contributed by atoms with van der Waals surface area (Å²) in [4.78, 5) is 0. The van der Waals surface area contributed by atoms with Crippen LogP contribution < -0.4 is 0 Å². The first kappa shape index (κ1) is 35.1. The van der Waals surface area contributed by atoms with Crippen LogP contribution in [0.5, 0.6) is 0 Å². The van der Waals surface area contributed by atoms with Crippen molar-refractivity contribution in [3.05, 3.63) is 0 Å². The highest BCUT2D eigenvalue weighted by molar-refractivity contribution is 4.97. The topological polar surface area (TPSA) is 307 Å². The average Bonchev–Trinajstić information content (AvgIpc) is 2.98. The van der Waals surface area contributed by atoms with Gasteiger partial charge in [0.15, 0.2) is 25.2 Å². The zero-order valence-electron chi connectivity index (χ0n) is 23.2. The minimum Gasteiger partial charge on any atom is -0.394 e. The average molecular weight is 635 g/mol. The molecule has 4 saturated heterocycles. The van der Waals surface area contributed by atoms with Gasteiger partial charge in [0.2, 0.25) is 0 Å². The van der Waals surface area contributed by atoms with Gasteiger partial charge in [-0.05, 0) is 13.8 Å². The molecule has 12 N–H and O–H groups in total. The summed E-state index contributed by atoms with van der Waals surface area (Å²) in [6, 6.07) is 0. The molecule has 0 amide bonds. The SMILES string of the molecule is C[C@@H]1O[C@@H](O[C@@H]2[C@H](O[C@@H]3O[C@H](CO)[C@H](O)[C@H](O)[C@H]3O[C@@H]3O[C@@H](C)[C@@H](O)[C@@H](O)[C@@H]3O)[C@@H](O)C(O)O[C@@H]2CO)[C@@H](O)[C@H](O)[C@@H]1O. The highest BCUT2D eigenvalue weighted by Gasteiger charge is 2.55. The first-order chi connectivity index (χ1) is 20.2. The maximum Gasteiger partial charge on any atom is 0.187 e. The molecular formula is C24H42O19. The summed E-state index contributed by atoms with van der Waals surface area (Å²) in [6.45, 7) is 1.06. The third-order valence-electron chi connectivity index (χ3n) is 8.13. The molecule has 19 nitrogen and oxygen atoms in total. The fraction of sp³-hybridized carbons (Fsp3) is 1.00. The van der Waals surface area contributed by atoms with Crippen molar-refractivity contribution in [3.63, 3.8) is 0 Å². The largest absolute Gasteiger partial charge is 0.394 e. The van der Waals surface area contributed by atoms with Crippen molar-refractivity contribution < 1.29 is 94.4 Å². The molecule has 19 heteroatoms. The number of rotatable bonds is 8. The number of hydrogen-bond donors (Lipinski definition) is 12. The standard InChI is InChI=1S/C24H42O19/c1-5-9(27)12(30)15(33)22(37-5)41-18-8(4-26)39-21(36)17(35)19(18)42-24-20(14(32)11(29)7(3-25)40-24)43-23-16(34)13(31)10(28)6(2)38-23/h5-36H,3-4H2,1-2H3/t5-,6-,7+,8+,9+,10+,11-,12+,13+,14-,15-,16-,17+,18-,19+,20+,21?,22-,23-,24-/m0/s1. The van der Waals surface area contributed by atoms with Gasteiger partial charge in [0.25, 0.3) is 0 Å². The second-order valence-corrected chi connectivity index (χ2v) is 11.1. The minimum atomic E-state index is -1.99. The lowest BCUT2D eigenvalue weighted by atomic mass is 9.95. The quantitative estimate of drug-likeness (QED) is 0.118. The van der Waals surface area contributed by atoms with E-state index in [9.17, 15) is 61.3 Å². The van der Waals surface area contributed by atoms with E-state index < -0.39 is 136 Å². The predicted octanol–water partition coefficient (Wildman–Crippen LogP) is -7.69.